The highest BCUT2D eigenvalue weighted by molar-refractivity contribution is 7.92. The highest BCUT2D eigenvalue weighted by atomic mass is 32.2. The van der Waals surface area contributed by atoms with Crippen LogP contribution in [0.3, 0.4) is 0 Å². The van der Waals surface area contributed by atoms with Crippen molar-refractivity contribution in [3.63, 3.8) is 0 Å². The summed E-state index contributed by atoms with van der Waals surface area (Å²) in [5.74, 6) is -1.06. The van der Waals surface area contributed by atoms with E-state index < -0.39 is 34.1 Å². The van der Waals surface area contributed by atoms with Crippen LogP contribution in [0.25, 0.3) is 0 Å². The summed E-state index contributed by atoms with van der Waals surface area (Å²) in [6.45, 7) is 8.39. The number of anilines is 1. The summed E-state index contributed by atoms with van der Waals surface area (Å²) in [7, 11) is -3.87. The minimum Gasteiger partial charge on any atom is -0.350 e. The molecule has 35 heavy (non-hydrogen) atoms. The maximum Gasteiger partial charge on any atom is 0.244 e. The molecule has 2 rings (SSSR count). The zero-order valence-corrected chi connectivity index (χ0v) is 22.1. The van der Waals surface area contributed by atoms with Gasteiger partial charge in [0.15, 0.2) is 5.78 Å². The lowest BCUT2D eigenvalue weighted by molar-refractivity contribution is -0.141. The standard InChI is InChI=1S/C26H35N3O5S/c1-7-23(25(32)27-26(3,4)5)28(17-20-12-9-8-10-13-20)24(31)18-29(35(6,33)34)22-15-11-14-21(16-22)19(2)30/h8-16,23H,7,17-18H2,1-6H3,(H,27,32)/t23-/m1/s1. The zero-order chi connectivity index (χ0) is 26.4. The number of hydrogen-bond donors (Lipinski definition) is 1. The Morgan fingerprint density at radius 2 is 1.63 bits per heavy atom. The molecule has 0 heterocycles. The number of rotatable bonds is 10. The van der Waals surface area contributed by atoms with Gasteiger partial charge in [-0.2, -0.15) is 0 Å². The predicted octanol–water partition coefficient (Wildman–Crippen LogP) is 3.38. The topological polar surface area (TPSA) is 104 Å². The van der Waals surface area contributed by atoms with Crippen LogP contribution in [0.2, 0.25) is 0 Å². The van der Waals surface area contributed by atoms with Crippen LogP contribution in [-0.2, 0) is 26.2 Å². The quantitative estimate of drug-likeness (QED) is 0.503. The Balaban J connectivity index is 2.47. The van der Waals surface area contributed by atoms with Crippen LogP contribution >= 0.6 is 0 Å². The van der Waals surface area contributed by atoms with Crippen molar-refractivity contribution in [2.45, 2.75) is 59.2 Å². The van der Waals surface area contributed by atoms with Gasteiger partial charge in [0.05, 0.1) is 11.9 Å². The van der Waals surface area contributed by atoms with E-state index in [2.05, 4.69) is 5.32 Å². The molecule has 1 atom stereocenters. The van der Waals surface area contributed by atoms with Crippen molar-refractivity contribution in [2.24, 2.45) is 0 Å². The summed E-state index contributed by atoms with van der Waals surface area (Å²) < 4.78 is 26.3. The smallest absolute Gasteiger partial charge is 0.244 e. The fraction of sp³-hybridized carbons (Fsp3) is 0.423. The van der Waals surface area contributed by atoms with E-state index in [-0.39, 0.29) is 23.9 Å². The summed E-state index contributed by atoms with van der Waals surface area (Å²) in [5.41, 5.74) is 0.853. The second-order valence-electron chi connectivity index (χ2n) is 9.55. The van der Waals surface area contributed by atoms with Gasteiger partial charge in [0.25, 0.3) is 0 Å². The molecular formula is C26H35N3O5S. The van der Waals surface area contributed by atoms with Crippen molar-refractivity contribution >= 4 is 33.3 Å². The van der Waals surface area contributed by atoms with Gasteiger partial charge in [-0.25, -0.2) is 8.42 Å². The Labute approximate surface area is 208 Å². The van der Waals surface area contributed by atoms with Gasteiger partial charge in [-0.1, -0.05) is 49.4 Å². The van der Waals surface area contributed by atoms with Crippen molar-refractivity contribution in [2.75, 3.05) is 17.1 Å². The largest absolute Gasteiger partial charge is 0.350 e. The van der Waals surface area contributed by atoms with Crippen LogP contribution in [0.4, 0.5) is 5.69 Å². The molecule has 0 radical (unpaired) electrons. The third kappa shape index (κ3) is 8.20. The lowest BCUT2D eigenvalue weighted by Gasteiger charge is -2.34. The van der Waals surface area contributed by atoms with E-state index in [0.29, 0.717) is 12.0 Å². The van der Waals surface area contributed by atoms with Crippen molar-refractivity contribution in [3.05, 3.63) is 65.7 Å². The Kier molecular flexibility index (Phi) is 9.20. The molecule has 0 saturated heterocycles. The van der Waals surface area contributed by atoms with Crippen molar-refractivity contribution in [1.82, 2.24) is 10.2 Å². The number of benzene rings is 2. The Morgan fingerprint density at radius 1 is 1.00 bits per heavy atom. The van der Waals surface area contributed by atoms with Crippen LogP contribution in [0, 0.1) is 0 Å². The molecule has 2 aromatic rings. The van der Waals surface area contributed by atoms with Crippen molar-refractivity contribution < 1.29 is 22.8 Å². The molecule has 0 aromatic heterocycles. The van der Waals surface area contributed by atoms with Gasteiger partial charge in [0.1, 0.15) is 12.6 Å². The Bertz CT molecular complexity index is 1160. The third-order valence-electron chi connectivity index (χ3n) is 5.30. The molecule has 0 spiro atoms. The minimum atomic E-state index is -3.87. The van der Waals surface area contributed by atoms with Crippen molar-refractivity contribution in [1.29, 1.82) is 0 Å². The van der Waals surface area contributed by atoms with E-state index in [1.54, 1.807) is 12.1 Å². The summed E-state index contributed by atoms with van der Waals surface area (Å²) in [6, 6.07) is 14.6. The highest BCUT2D eigenvalue weighted by Crippen LogP contribution is 2.21. The van der Waals surface area contributed by atoms with E-state index in [4.69, 9.17) is 0 Å². The lowest BCUT2D eigenvalue weighted by Crippen LogP contribution is -2.55. The Hall–Kier alpha value is -3.20. The van der Waals surface area contributed by atoms with Gasteiger partial charge in [0, 0.05) is 17.6 Å². The van der Waals surface area contributed by atoms with Gasteiger partial charge in [-0.3, -0.25) is 18.7 Å². The molecule has 1 N–H and O–H groups in total. The number of sulfonamides is 1. The van der Waals surface area contributed by atoms with E-state index in [9.17, 15) is 22.8 Å². The molecule has 0 unspecified atom stereocenters. The predicted molar refractivity (Wildman–Crippen MR) is 138 cm³/mol. The van der Waals surface area contributed by atoms with Gasteiger partial charge < -0.3 is 10.2 Å². The van der Waals surface area contributed by atoms with Crippen LogP contribution < -0.4 is 9.62 Å². The fourth-order valence-electron chi connectivity index (χ4n) is 3.65. The normalized spacial score (nSPS) is 12.5. The molecule has 9 heteroatoms. The highest BCUT2D eigenvalue weighted by Gasteiger charge is 2.33. The first kappa shape index (κ1) is 28.0. The maximum atomic E-state index is 13.6. The number of hydrogen-bond acceptors (Lipinski definition) is 5. The number of Topliss-reactive ketones (excluding diaryl/α,β-unsaturated/α-hetero) is 1. The first-order valence-electron chi connectivity index (χ1n) is 11.5. The van der Waals surface area contributed by atoms with E-state index in [1.165, 1.54) is 24.0 Å². The molecule has 0 bridgehead atoms. The van der Waals surface area contributed by atoms with Crippen LogP contribution in [0.5, 0.6) is 0 Å². The average Bonchev–Trinajstić information content (AvgIpc) is 2.76. The molecular weight excluding hydrogens is 466 g/mol. The van der Waals surface area contributed by atoms with E-state index in [1.807, 2.05) is 58.0 Å². The summed E-state index contributed by atoms with van der Waals surface area (Å²) in [5, 5.41) is 2.92. The first-order valence-corrected chi connectivity index (χ1v) is 13.3. The minimum absolute atomic E-state index is 0.140. The summed E-state index contributed by atoms with van der Waals surface area (Å²) in [4.78, 5) is 40.0. The number of ketones is 1. The molecule has 0 aliphatic rings. The molecule has 0 saturated carbocycles. The molecule has 0 fully saturated rings. The van der Waals surface area contributed by atoms with Gasteiger partial charge in [-0.05, 0) is 51.8 Å². The molecule has 2 amide bonds. The molecule has 190 valence electrons. The number of nitrogens with zero attached hydrogens (tertiary/aromatic N) is 2. The average molecular weight is 502 g/mol. The molecule has 0 aliphatic heterocycles. The summed E-state index contributed by atoms with van der Waals surface area (Å²) in [6.07, 6.45) is 1.35. The van der Waals surface area contributed by atoms with Crippen LogP contribution in [0.15, 0.2) is 54.6 Å². The van der Waals surface area contributed by atoms with Crippen LogP contribution in [0.1, 0.15) is 57.0 Å². The number of nitrogens with one attached hydrogen (secondary N) is 1. The van der Waals surface area contributed by atoms with Gasteiger partial charge in [-0.15, -0.1) is 0 Å². The second-order valence-corrected chi connectivity index (χ2v) is 11.5. The molecule has 0 aliphatic carbocycles. The van der Waals surface area contributed by atoms with E-state index in [0.717, 1.165) is 16.1 Å². The SMILES string of the molecule is CC[C@H](C(=O)NC(C)(C)C)N(Cc1ccccc1)C(=O)CN(c1cccc(C(C)=O)c1)S(C)(=O)=O. The fourth-order valence-corrected chi connectivity index (χ4v) is 4.49. The third-order valence-corrected chi connectivity index (χ3v) is 6.44. The number of carbonyl (C=O) groups is 3. The van der Waals surface area contributed by atoms with Gasteiger partial charge in [0.2, 0.25) is 21.8 Å². The Morgan fingerprint density at radius 3 is 2.14 bits per heavy atom. The summed E-state index contributed by atoms with van der Waals surface area (Å²) >= 11 is 0. The maximum absolute atomic E-state index is 13.6. The lowest BCUT2D eigenvalue weighted by atomic mass is 10.1. The van der Waals surface area contributed by atoms with Crippen LogP contribution in [-0.4, -0.2) is 55.3 Å². The van der Waals surface area contributed by atoms with Crippen molar-refractivity contribution in [3.8, 4) is 0 Å². The number of amides is 2. The first-order chi connectivity index (χ1) is 16.2. The second kappa shape index (κ2) is 11.5. The molecule has 2 aromatic carbocycles. The van der Waals surface area contributed by atoms with E-state index >= 15 is 0 Å². The zero-order valence-electron chi connectivity index (χ0n) is 21.2. The monoisotopic (exact) mass is 501 g/mol. The molecule has 8 nitrogen and oxygen atoms in total. The van der Waals surface area contributed by atoms with Gasteiger partial charge >= 0.3 is 0 Å². The number of carbonyl (C=O) groups excluding carboxylic acids is 3.